The molecule has 2 bridgehead atoms. The van der Waals surface area contributed by atoms with E-state index < -0.39 is 0 Å². The third kappa shape index (κ3) is 1.08. The van der Waals surface area contributed by atoms with Crippen LogP contribution in [0.3, 0.4) is 0 Å². The quantitative estimate of drug-likeness (QED) is 0.577. The molecule has 80 valence electrons. The van der Waals surface area contributed by atoms with Crippen molar-refractivity contribution in [2.75, 3.05) is 7.11 Å². The largest absolute Gasteiger partial charge is 0.497 e. The molecule has 3 aliphatic carbocycles. The smallest absolute Gasteiger partial charge is 0.119 e. The highest BCUT2D eigenvalue weighted by atomic mass is 16.5. The number of hydrogen-bond acceptors (Lipinski definition) is 3. The average Bonchev–Trinajstić information content (AvgIpc) is 2.15. The highest BCUT2D eigenvalue weighted by Gasteiger charge is 2.68. The number of hydrogen-bond donors (Lipinski definition) is 2. The molecular formula is C12H16N2O. The van der Waals surface area contributed by atoms with E-state index in [1.54, 1.807) is 7.11 Å². The predicted molar refractivity (Wildman–Crippen MR) is 58.6 cm³/mol. The van der Waals surface area contributed by atoms with Crippen molar-refractivity contribution in [3.8, 4) is 5.75 Å². The third-order valence-corrected chi connectivity index (χ3v) is 4.02. The van der Waals surface area contributed by atoms with Crippen molar-refractivity contribution in [3.63, 3.8) is 0 Å². The van der Waals surface area contributed by atoms with Gasteiger partial charge in [0.1, 0.15) is 5.75 Å². The zero-order chi connectivity index (χ0) is 10.5. The molecule has 3 fully saturated rings. The van der Waals surface area contributed by atoms with Crippen molar-refractivity contribution in [2.45, 2.75) is 30.2 Å². The molecule has 0 spiro atoms. The first kappa shape index (κ1) is 9.19. The maximum absolute atomic E-state index is 5.52. The van der Waals surface area contributed by atoms with Crippen molar-refractivity contribution >= 4 is 0 Å². The topological polar surface area (TPSA) is 47.3 Å². The molecule has 1 aromatic rings. The summed E-state index contributed by atoms with van der Waals surface area (Å²) in [5.41, 5.74) is 4.98. The molecule has 0 aromatic heterocycles. The summed E-state index contributed by atoms with van der Waals surface area (Å²) in [6.45, 7) is 0. The summed E-state index contributed by atoms with van der Waals surface area (Å²) in [7, 11) is 1.71. The Morgan fingerprint density at radius 3 is 2.67 bits per heavy atom. The molecule has 3 N–H and O–H groups in total. The van der Waals surface area contributed by atoms with Gasteiger partial charge < -0.3 is 4.74 Å². The summed E-state index contributed by atoms with van der Waals surface area (Å²) in [6.07, 6.45) is 3.51. The van der Waals surface area contributed by atoms with Crippen LogP contribution in [0.5, 0.6) is 5.75 Å². The summed E-state index contributed by atoms with van der Waals surface area (Å²) < 4.78 is 5.25. The Hall–Kier alpha value is -1.06. The molecule has 0 aliphatic heterocycles. The minimum Gasteiger partial charge on any atom is -0.497 e. The van der Waals surface area contributed by atoms with E-state index in [0.717, 1.165) is 5.75 Å². The van der Waals surface area contributed by atoms with Crippen LogP contribution >= 0.6 is 0 Å². The van der Waals surface area contributed by atoms with E-state index in [2.05, 4.69) is 23.6 Å². The van der Waals surface area contributed by atoms with Crippen molar-refractivity contribution in [1.29, 1.82) is 0 Å². The lowest BCUT2D eigenvalue weighted by atomic mass is 9.38. The summed E-state index contributed by atoms with van der Waals surface area (Å²) in [5.74, 6) is 6.48. The number of rotatable bonds is 3. The second-order valence-corrected chi connectivity index (χ2v) is 4.97. The van der Waals surface area contributed by atoms with Gasteiger partial charge in [0.15, 0.2) is 0 Å². The zero-order valence-electron chi connectivity index (χ0n) is 8.92. The number of ether oxygens (including phenoxy) is 1. The summed E-state index contributed by atoms with van der Waals surface area (Å²) in [4.78, 5) is 0. The van der Waals surface area contributed by atoms with Crippen molar-refractivity contribution in [2.24, 2.45) is 5.84 Å². The maximum Gasteiger partial charge on any atom is 0.119 e. The molecule has 0 unspecified atom stereocenters. The van der Waals surface area contributed by atoms with Gasteiger partial charge in [0, 0.05) is 11.0 Å². The van der Waals surface area contributed by atoms with Crippen molar-refractivity contribution in [3.05, 3.63) is 29.8 Å². The molecule has 3 nitrogen and oxygen atoms in total. The van der Waals surface area contributed by atoms with Crippen molar-refractivity contribution in [1.82, 2.24) is 5.43 Å². The Labute approximate surface area is 89.6 Å². The van der Waals surface area contributed by atoms with E-state index in [4.69, 9.17) is 10.6 Å². The first-order chi connectivity index (χ1) is 7.22. The van der Waals surface area contributed by atoms with Gasteiger partial charge in [-0.3, -0.25) is 11.3 Å². The fourth-order valence-electron chi connectivity index (χ4n) is 3.20. The molecule has 3 aliphatic rings. The number of benzene rings is 1. The van der Waals surface area contributed by atoms with E-state index in [0.29, 0.717) is 5.41 Å². The van der Waals surface area contributed by atoms with Gasteiger partial charge in [-0.15, -0.1) is 0 Å². The molecule has 0 radical (unpaired) electrons. The maximum atomic E-state index is 5.52. The van der Waals surface area contributed by atoms with E-state index in [1.165, 1.54) is 24.8 Å². The lowest BCUT2D eigenvalue weighted by Crippen LogP contribution is -2.77. The highest BCUT2D eigenvalue weighted by molar-refractivity contribution is 5.44. The first-order valence-electron chi connectivity index (χ1n) is 5.34. The molecule has 15 heavy (non-hydrogen) atoms. The van der Waals surface area contributed by atoms with Gasteiger partial charge in [-0.25, -0.2) is 0 Å². The van der Waals surface area contributed by atoms with Gasteiger partial charge in [0.25, 0.3) is 0 Å². The fourth-order valence-corrected chi connectivity index (χ4v) is 3.20. The minimum atomic E-state index is 0.253. The van der Waals surface area contributed by atoms with Gasteiger partial charge in [-0.05, 0) is 37.0 Å². The van der Waals surface area contributed by atoms with Crippen molar-refractivity contribution < 1.29 is 4.74 Å². The monoisotopic (exact) mass is 204 g/mol. The Balaban J connectivity index is 1.84. The number of hydrazine groups is 1. The van der Waals surface area contributed by atoms with Crippen LogP contribution in [-0.4, -0.2) is 12.6 Å². The van der Waals surface area contributed by atoms with Crippen LogP contribution in [0.2, 0.25) is 0 Å². The second kappa shape index (κ2) is 2.74. The minimum absolute atomic E-state index is 0.253. The summed E-state index contributed by atoms with van der Waals surface area (Å²) in [5, 5.41) is 0. The normalized spacial score (nSPS) is 36.7. The second-order valence-electron chi connectivity index (χ2n) is 4.97. The Bertz CT molecular complexity index is 383. The van der Waals surface area contributed by atoms with Crippen LogP contribution in [0, 0.1) is 0 Å². The van der Waals surface area contributed by atoms with Gasteiger partial charge in [0.2, 0.25) is 0 Å². The number of nitrogens with one attached hydrogen (secondary N) is 1. The van der Waals surface area contributed by atoms with Crippen LogP contribution in [0.15, 0.2) is 24.3 Å². The molecule has 1 aromatic carbocycles. The Kier molecular flexibility index (Phi) is 1.68. The first-order valence-corrected chi connectivity index (χ1v) is 5.34. The molecule has 0 amide bonds. The van der Waals surface area contributed by atoms with Crippen LogP contribution in [-0.2, 0) is 5.41 Å². The van der Waals surface area contributed by atoms with Gasteiger partial charge in [-0.1, -0.05) is 12.1 Å². The predicted octanol–water partition coefficient (Wildman–Crippen LogP) is 1.33. The highest BCUT2D eigenvalue weighted by Crippen LogP contribution is 2.67. The summed E-state index contributed by atoms with van der Waals surface area (Å²) in [6, 6.07) is 8.41. The van der Waals surface area contributed by atoms with Crippen LogP contribution in [0.25, 0.3) is 0 Å². The third-order valence-electron chi connectivity index (χ3n) is 4.02. The van der Waals surface area contributed by atoms with E-state index in [-0.39, 0.29) is 5.54 Å². The SMILES string of the molecule is COc1cccc(C23CC(NN)(C2)C3)c1. The molecule has 0 heterocycles. The lowest BCUT2D eigenvalue weighted by Gasteiger charge is -2.70. The van der Waals surface area contributed by atoms with Crippen LogP contribution in [0.1, 0.15) is 24.8 Å². The molecule has 0 saturated heterocycles. The van der Waals surface area contributed by atoms with Gasteiger partial charge >= 0.3 is 0 Å². The van der Waals surface area contributed by atoms with E-state index >= 15 is 0 Å². The van der Waals surface area contributed by atoms with Gasteiger partial charge in [0.05, 0.1) is 7.11 Å². The molecule has 3 saturated carbocycles. The Morgan fingerprint density at radius 1 is 1.33 bits per heavy atom. The van der Waals surface area contributed by atoms with E-state index in [1.807, 2.05) is 6.07 Å². The molecule has 0 atom stereocenters. The lowest BCUT2D eigenvalue weighted by molar-refractivity contribution is -0.0883. The number of methoxy groups -OCH3 is 1. The molecular weight excluding hydrogens is 188 g/mol. The summed E-state index contributed by atoms with van der Waals surface area (Å²) >= 11 is 0. The zero-order valence-corrected chi connectivity index (χ0v) is 8.92. The fraction of sp³-hybridized carbons (Fsp3) is 0.500. The van der Waals surface area contributed by atoms with Crippen LogP contribution in [0.4, 0.5) is 0 Å². The molecule has 4 rings (SSSR count). The molecule has 3 heteroatoms. The standard InChI is InChI=1S/C12H16N2O/c1-15-10-4-2-3-9(5-10)11-6-12(7-11,8-11)14-13/h2-5,14H,6-8,13H2,1H3. The van der Waals surface area contributed by atoms with E-state index in [9.17, 15) is 0 Å². The van der Waals surface area contributed by atoms with Gasteiger partial charge in [-0.2, -0.15) is 0 Å². The number of nitrogens with two attached hydrogens (primary N) is 1. The Morgan fingerprint density at radius 2 is 2.07 bits per heavy atom. The van der Waals surface area contributed by atoms with Crippen LogP contribution < -0.4 is 16.0 Å². The average molecular weight is 204 g/mol.